The Balaban J connectivity index is 1.68. The van der Waals surface area contributed by atoms with E-state index in [1.165, 1.54) is 25.0 Å². The minimum absolute atomic E-state index is 0.247. The summed E-state index contributed by atoms with van der Waals surface area (Å²) in [5, 5.41) is 3.41. The second-order valence-electron chi connectivity index (χ2n) is 5.11. The quantitative estimate of drug-likeness (QED) is 0.897. The summed E-state index contributed by atoms with van der Waals surface area (Å²) in [5.41, 5.74) is 1.62. The van der Waals surface area contributed by atoms with Crippen molar-refractivity contribution in [2.24, 2.45) is 0 Å². The van der Waals surface area contributed by atoms with Gasteiger partial charge in [0.15, 0.2) is 11.7 Å². The van der Waals surface area contributed by atoms with Crippen LogP contribution in [0.15, 0.2) is 28.8 Å². The summed E-state index contributed by atoms with van der Waals surface area (Å²) in [6, 6.07) is 5.57. The predicted molar refractivity (Wildman–Crippen MR) is 71.4 cm³/mol. The van der Waals surface area contributed by atoms with Gasteiger partial charge in [-0.25, -0.2) is 9.37 Å². The predicted octanol–water partition coefficient (Wildman–Crippen LogP) is 3.08. The Kier molecular flexibility index (Phi) is 3.34. The van der Waals surface area contributed by atoms with Crippen LogP contribution in [0.3, 0.4) is 0 Å². The zero-order valence-corrected chi connectivity index (χ0v) is 10.9. The first-order valence-electron chi connectivity index (χ1n) is 6.66. The van der Waals surface area contributed by atoms with Crippen molar-refractivity contribution in [3.8, 4) is 11.3 Å². The monoisotopic (exact) mass is 260 g/mol. The second kappa shape index (κ2) is 5.13. The number of nitrogens with zero attached hydrogens (tertiary/aromatic N) is 1. The fourth-order valence-electron chi connectivity index (χ4n) is 2.11. The molecule has 1 saturated carbocycles. The zero-order chi connectivity index (χ0) is 13.2. The van der Waals surface area contributed by atoms with Gasteiger partial charge in [0.2, 0.25) is 0 Å². The third-order valence-corrected chi connectivity index (χ3v) is 3.23. The molecule has 1 aliphatic carbocycles. The van der Waals surface area contributed by atoms with E-state index < -0.39 is 0 Å². The molecule has 0 bridgehead atoms. The number of benzene rings is 1. The maximum absolute atomic E-state index is 13.3. The van der Waals surface area contributed by atoms with Crippen molar-refractivity contribution in [2.75, 3.05) is 6.54 Å². The topological polar surface area (TPSA) is 38.1 Å². The van der Waals surface area contributed by atoms with E-state index >= 15 is 0 Å². The Morgan fingerprint density at radius 2 is 2.21 bits per heavy atom. The highest BCUT2D eigenvalue weighted by atomic mass is 19.1. The molecule has 0 unspecified atom stereocenters. The lowest BCUT2D eigenvalue weighted by molar-refractivity contribution is 0.494. The Bertz CT molecular complexity index is 555. The fourth-order valence-corrected chi connectivity index (χ4v) is 2.11. The molecule has 0 saturated heterocycles. The van der Waals surface area contributed by atoms with E-state index in [4.69, 9.17) is 4.42 Å². The number of rotatable bonds is 5. The molecule has 0 amide bonds. The van der Waals surface area contributed by atoms with Gasteiger partial charge >= 0.3 is 0 Å². The number of halogens is 1. The molecule has 1 fully saturated rings. The Morgan fingerprint density at radius 3 is 2.95 bits per heavy atom. The summed E-state index contributed by atoms with van der Waals surface area (Å²) < 4.78 is 19.0. The molecule has 0 spiro atoms. The molecule has 1 aromatic heterocycles. The van der Waals surface area contributed by atoms with Crippen molar-refractivity contribution in [3.63, 3.8) is 0 Å². The van der Waals surface area contributed by atoms with Gasteiger partial charge in [-0.3, -0.25) is 0 Å². The summed E-state index contributed by atoms with van der Waals surface area (Å²) in [5.74, 6) is 1.08. The normalized spacial score (nSPS) is 14.8. The first kappa shape index (κ1) is 12.4. The smallest absolute Gasteiger partial charge is 0.196 e. The molecular formula is C15H17FN2O. The van der Waals surface area contributed by atoms with E-state index in [1.807, 2.05) is 13.0 Å². The summed E-state index contributed by atoms with van der Waals surface area (Å²) in [4.78, 5) is 4.24. The molecule has 19 heavy (non-hydrogen) atoms. The molecule has 1 aromatic carbocycles. The number of oxazole rings is 1. The fraction of sp³-hybridized carbons (Fsp3) is 0.400. The van der Waals surface area contributed by atoms with Crippen LogP contribution in [0.4, 0.5) is 4.39 Å². The van der Waals surface area contributed by atoms with Crippen molar-refractivity contribution < 1.29 is 8.81 Å². The minimum atomic E-state index is -0.247. The SMILES string of the molecule is Cc1cc(F)cc(-c2cnc(CCNC3CC3)o2)c1. The van der Waals surface area contributed by atoms with Crippen molar-refractivity contribution in [1.82, 2.24) is 10.3 Å². The van der Waals surface area contributed by atoms with Gasteiger partial charge in [0.1, 0.15) is 5.82 Å². The van der Waals surface area contributed by atoms with E-state index in [0.29, 0.717) is 17.7 Å². The van der Waals surface area contributed by atoms with E-state index in [2.05, 4.69) is 10.3 Å². The molecule has 1 N–H and O–H groups in total. The van der Waals surface area contributed by atoms with Crippen LogP contribution in [0, 0.1) is 12.7 Å². The van der Waals surface area contributed by atoms with E-state index in [-0.39, 0.29) is 5.82 Å². The second-order valence-corrected chi connectivity index (χ2v) is 5.11. The molecule has 0 atom stereocenters. The largest absolute Gasteiger partial charge is 0.441 e. The molecule has 4 heteroatoms. The minimum Gasteiger partial charge on any atom is -0.441 e. The maximum atomic E-state index is 13.3. The van der Waals surface area contributed by atoms with E-state index in [1.54, 1.807) is 6.20 Å². The molecule has 100 valence electrons. The van der Waals surface area contributed by atoms with Crippen LogP contribution < -0.4 is 5.32 Å². The third-order valence-electron chi connectivity index (χ3n) is 3.23. The molecule has 1 aliphatic rings. The van der Waals surface area contributed by atoms with Crippen LogP contribution in [-0.4, -0.2) is 17.6 Å². The van der Waals surface area contributed by atoms with Crippen molar-refractivity contribution >= 4 is 0 Å². The van der Waals surface area contributed by atoms with Gasteiger partial charge in [0, 0.05) is 24.6 Å². The number of nitrogens with one attached hydrogen (secondary N) is 1. The molecule has 3 rings (SSSR count). The van der Waals surface area contributed by atoms with E-state index in [9.17, 15) is 4.39 Å². The van der Waals surface area contributed by atoms with Crippen LogP contribution in [-0.2, 0) is 6.42 Å². The lowest BCUT2D eigenvalue weighted by atomic mass is 10.1. The van der Waals surface area contributed by atoms with Crippen LogP contribution >= 0.6 is 0 Å². The van der Waals surface area contributed by atoms with Gasteiger partial charge in [-0.2, -0.15) is 0 Å². The van der Waals surface area contributed by atoms with E-state index in [0.717, 1.165) is 24.1 Å². The average Bonchev–Trinajstić information content (AvgIpc) is 3.04. The van der Waals surface area contributed by atoms with Gasteiger partial charge < -0.3 is 9.73 Å². The zero-order valence-electron chi connectivity index (χ0n) is 10.9. The molecule has 2 aromatic rings. The number of hydrogen-bond acceptors (Lipinski definition) is 3. The first-order valence-corrected chi connectivity index (χ1v) is 6.66. The number of hydrogen-bond donors (Lipinski definition) is 1. The van der Waals surface area contributed by atoms with Gasteiger partial charge in [-0.1, -0.05) is 0 Å². The van der Waals surface area contributed by atoms with Crippen LogP contribution in [0.5, 0.6) is 0 Å². The Hall–Kier alpha value is -1.68. The maximum Gasteiger partial charge on any atom is 0.196 e. The lowest BCUT2D eigenvalue weighted by Gasteiger charge is -2.00. The first-order chi connectivity index (χ1) is 9.20. The van der Waals surface area contributed by atoms with Crippen LogP contribution in [0.1, 0.15) is 24.3 Å². The standard InChI is InChI=1S/C15H17FN2O/c1-10-6-11(8-12(16)7-10)14-9-18-15(19-14)4-5-17-13-2-3-13/h6-9,13,17H,2-5H2,1H3. The van der Waals surface area contributed by atoms with Crippen LogP contribution in [0.2, 0.25) is 0 Å². The lowest BCUT2D eigenvalue weighted by Crippen LogP contribution is -2.19. The molecule has 3 nitrogen and oxygen atoms in total. The van der Waals surface area contributed by atoms with Gasteiger partial charge in [-0.15, -0.1) is 0 Å². The van der Waals surface area contributed by atoms with Crippen molar-refractivity contribution in [2.45, 2.75) is 32.2 Å². The summed E-state index contributed by atoms with van der Waals surface area (Å²) in [6.45, 7) is 2.75. The van der Waals surface area contributed by atoms with Crippen molar-refractivity contribution in [1.29, 1.82) is 0 Å². The molecule has 0 radical (unpaired) electrons. The van der Waals surface area contributed by atoms with Crippen LogP contribution in [0.25, 0.3) is 11.3 Å². The number of aryl methyl sites for hydroxylation is 1. The third kappa shape index (κ3) is 3.20. The Labute approximate surface area is 111 Å². The number of aromatic nitrogens is 1. The van der Waals surface area contributed by atoms with Gasteiger partial charge in [0.25, 0.3) is 0 Å². The molecule has 1 heterocycles. The highest BCUT2D eigenvalue weighted by Crippen LogP contribution is 2.23. The highest BCUT2D eigenvalue weighted by molar-refractivity contribution is 5.57. The molecule has 0 aliphatic heterocycles. The summed E-state index contributed by atoms with van der Waals surface area (Å²) in [6.07, 6.45) is 4.99. The highest BCUT2D eigenvalue weighted by Gasteiger charge is 2.20. The van der Waals surface area contributed by atoms with Crippen molar-refractivity contribution in [3.05, 3.63) is 41.7 Å². The summed E-state index contributed by atoms with van der Waals surface area (Å²) >= 11 is 0. The molecular weight excluding hydrogens is 243 g/mol. The van der Waals surface area contributed by atoms with Gasteiger partial charge in [0.05, 0.1) is 6.20 Å². The Morgan fingerprint density at radius 1 is 1.37 bits per heavy atom. The van der Waals surface area contributed by atoms with Gasteiger partial charge in [-0.05, 0) is 43.5 Å². The average molecular weight is 260 g/mol. The summed E-state index contributed by atoms with van der Waals surface area (Å²) in [7, 11) is 0.